The van der Waals surface area contributed by atoms with Crippen molar-refractivity contribution in [3.05, 3.63) is 71.9 Å². The normalized spacial score (nSPS) is 12.8. The lowest BCUT2D eigenvalue weighted by Crippen LogP contribution is -2.31. The molecule has 1 aliphatic rings. The maximum absolute atomic E-state index is 13.1. The fourth-order valence-electron chi connectivity index (χ4n) is 3.20. The quantitative estimate of drug-likeness (QED) is 0.595. The Bertz CT molecular complexity index is 1030. The summed E-state index contributed by atoms with van der Waals surface area (Å²) in [6, 6.07) is 15.5. The number of carbonyl (C=O) groups is 1. The van der Waals surface area contributed by atoms with E-state index >= 15 is 0 Å². The van der Waals surface area contributed by atoms with Gasteiger partial charge in [-0.05, 0) is 24.6 Å². The minimum Gasteiger partial charge on any atom is -0.486 e. The number of ether oxygens (including phenoxy) is 2. The van der Waals surface area contributed by atoms with Crippen molar-refractivity contribution in [3.8, 4) is 11.5 Å². The zero-order valence-electron chi connectivity index (χ0n) is 16.8. The molecule has 1 amide bonds. The van der Waals surface area contributed by atoms with Gasteiger partial charge in [0, 0.05) is 31.1 Å². The summed E-state index contributed by atoms with van der Waals surface area (Å²) in [5.74, 6) is 2.32. The second-order valence-electron chi connectivity index (χ2n) is 6.88. The Kier molecular flexibility index (Phi) is 6.08. The molecule has 30 heavy (non-hydrogen) atoms. The molecule has 0 bridgehead atoms. The topological polar surface area (TPSA) is 77.7 Å². The van der Waals surface area contributed by atoms with Crippen molar-refractivity contribution in [1.82, 2.24) is 10.1 Å². The van der Waals surface area contributed by atoms with Crippen LogP contribution >= 0.6 is 0 Å². The SMILES string of the molecule is Cc1noc(CCC(=O)N(C/C=C/c2ccccc2)c2ccc3c(c2)OCCO3)n1. The number of aromatic nitrogens is 2. The van der Waals surface area contributed by atoms with Gasteiger partial charge in [-0.1, -0.05) is 47.6 Å². The third-order valence-electron chi connectivity index (χ3n) is 4.66. The lowest BCUT2D eigenvalue weighted by molar-refractivity contribution is -0.118. The summed E-state index contributed by atoms with van der Waals surface area (Å²) in [5, 5.41) is 3.78. The molecule has 2 aromatic carbocycles. The highest BCUT2D eigenvalue weighted by Crippen LogP contribution is 2.34. The Morgan fingerprint density at radius 1 is 1.10 bits per heavy atom. The van der Waals surface area contributed by atoms with Gasteiger partial charge in [-0.2, -0.15) is 4.98 Å². The number of benzene rings is 2. The van der Waals surface area contributed by atoms with E-state index in [1.165, 1.54) is 0 Å². The van der Waals surface area contributed by atoms with Crippen LogP contribution in [0.2, 0.25) is 0 Å². The van der Waals surface area contributed by atoms with E-state index < -0.39 is 0 Å². The van der Waals surface area contributed by atoms with Gasteiger partial charge in [0.05, 0.1) is 0 Å². The Morgan fingerprint density at radius 2 is 1.90 bits per heavy atom. The maximum Gasteiger partial charge on any atom is 0.227 e. The molecule has 0 saturated carbocycles. The maximum atomic E-state index is 13.1. The highest BCUT2D eigenvalue weighted by molar-refractivity contribution is 5.94. The molecular weight excluding hydrogens is 382 g/mol. The largest absolute Gasteiger partial charge is 0.486 e. The average molecular weight is 405 g/mol. The standard InChI is InChI=1S/C23H23N3O4/c1-17-24-22(30-25-17)11-12-23(27)26(13-5-8-18-6-3-2-4-7-18)19-9-10-20-21(16-19)29-15-14-28-20/h2-10,16H,11-15H2,1H3/b8-5+. The van der Waals surface area contributed by atoms with Gasteiger partial charge in [0.15, 0.2) is 17.3 Å². The minimum atomic E-state index is -0.0414. The zero-order valence-corrected chi connectivity index (χ0v) is 16.8. The van der Waals surface area contributed by atoms with Crippen LogP contribution in [0.4, 0.5) is 5.69 Å². The summed E-state index contributed by atoms with van der Waals surface area (Å²) < 4.78 is 16.4. The molecular formula is C23H23N3O4. The second-order valence-corrected chi connectivity index (χ2v) is 6.88. The van der Waals surface area contributed by atoms with Gasteiger partial charge in [0.1, 0.15) is 13.2 Å². The Labute approximate surface area is 174 Å². The summed E-state index contributed by atoms with van der Waals surface area (Å²) in [5.41, 5.74) is 1.83. The monoisotopic (exact) mass is 405 g/mol. The van der Waals surface area contributed by atoms with E-state index in [0.717, 1.165) is 11.3 Å². The van der Waals surface area contributed by atoms with E-state index in [1.807, 2.05) is 60.7 Å². The molecule has 0 atom stereocenters. The molecule has 0 fully saturated rings. The molecule has 7 nitrogen and oxygen atoms in total. The fraction of sp³-hybridized carbons (Fsp3) is 0.261. The van der Waals surface area contributed by atoms with Gasteiger partial charge >= 0.3 is 0 Å². The summed E-state index contributed by atoms with van der Waals surface area (Å²) in [6.07, 6.45) is 4.62. The molecule has 0 N–H and O–H groups in total. The number of anilines is 1. The van der Waals surface area contributed by atoms with Gasteiger partial charge in [-0.3, -0.25) is 4.79 Å². The first-order chi connectivity index (χ1) is 14.7. The number of rotatable bonds is 7. The number of fused-ring (bicyclic) bond motifs is 1. The van der Waals surface area contributed by atoms with Gasteiger partial charge in [0.2, 0.25) is 11.8 Å². The van der Waals surface area contributed by atoms with Crippen LogP contribution in [0.3, 0.4) is 0 Å². The summed E-state index contributed by atoms with van der Waals surface area (Å²) in [6.45, 7) is 3.20. The van der Waals surface area contributed by atoms with E-state index in [2.05, 4.69) is 10.1 Å². The van der Waals surface area contributed by atoms with Crippen molar-refractivity contribution in [2.24, 2.45) is 0 Å². The van der Waals surface area contributed by atoms with Gasteiger partial charge in [-0.15, -0.1) is 0 Å². The molecule has 3 aromatic rings. The third-order valence-corrected chi connectivity index (χ3v) is 4.66. The first kappa shape index (κ1) is 19.7. The Morgan fingerprint density at radius 3 is 2.67 bits per heavy atom. The lowest BCUT2D eigenvalue weighted by atomic mass is 10.2. The fourth-order valence-corrected chi connectivity index (χ4v) is 3.20. The van der Waals surface area contributed by atoms with Crippen molar-refractivity contribution >= 4 is 17.7 Å². The van der Waals surface area contributed by atoms with Crippen LogP contribution in [0, 0.1) is 6.92 Å². The molecule has 0 radical (unpaired) electrons. The highest BCUT2D eigenvalue weighted by Gasteiger charge is 2.19. The molecule has 0 spiro atoms. The minimum absolute atomic E-state index is 0.0414. The first-order valence-electron chi connectivity index (χ1n) is 9.90. The molecule has 0 aliphatic carbocycles. The van der Waals surface area contributed by atoms with Crippen molar-refractivity contribution in [2.45, 2.75) is 19.8 Å². The molecule has 0 unspecified atom stereocenters. The van der Waals surface area contributed by atoms with Crippen LogP contribution < -0.4 is 14.4 Å². The smallest absolute Gasteiger partial charge is 0.227 e. The van der Waals surface area contributed by atoms with Crippen molar-refractivity contribution in [1.29, 1.82) is 0 Å². The molecule has 1 aliphatic heterocycles. The highest BCUT2D eigenvalue weighted by atomic mass is 16.6. The first-order valence-corrected chi connectivity index (χ1v) is 9.90. The molecule has 4 rings (SSSR count). The number of hydrogen-bond donors (Lipinski definition) is 0. The number of amides is 1. The van der Waals surface area contributed by atoms with Crippen LogP contribution in [0.25, 0.3) is 6.08 Å². The number of carbonyl (C=O) groups excluding carboxylic acids is 1. The lowest BCUT2D eigenvalue weighted by Gasteiger charge is -2.24. The van der Waals surface area contributed by atoms with E-state index in [1.54, 1.807) is 11.8 Å². The predicted octanol–water partition coefficient (Wildman–Crippen LogP) is 3.83. The van der Waals surface area contributed by atoms with Crippen LogP contribution in [-0.2, 0) is 11.2 Å². The van der Waals surface area contributed by atoms with Gasteiger partial charge in [0.25, 0.3) is 0 Å². The summed E-state index contributed by atoms with van der Waals surface area (Å²) >= 11 is 0. The number of aryl methyl sites for hydroxylation is 2. The van der Waals surface area contributed by atoms with Gasteiger partial charge < -0.3 is 18.9 Å². The molecule has 0 saturated heterocycles. The van der Waals surface area contributed by atoms with Crippen molar-refractivity contribution in [3.63, 3.8) is 0 Å². The molecule has 2 heterocycles. The van der Waals surface area contributed by atoms with Crippen LogP contribution in [-0.4, -0.2) is 35.8 Å². The Balaban J connectivity index is 1.52. The number of nitrogens with zero attached hydrogens (tertiary/aromatic N) is 3. The average Bonchev–Trinajstić information content (AvgIpc) is 3.20. The van der Waals surface area contributed by atoms with Crippen molar-refractivity contribution in [2.75, 3.05) is 24.7 Å². The number of hydrogen-bond acceptors (Lipinski definition) is 6. The van der Waals surface area contributed by atoms with E-state index in [9.17, 15) is 4.79 Å². The molecule has 1 aromatic heterocycles. The molecule has 154 valence electrons. The Hall–Kier alpha value is -3.61. The van der Waals surface area contributed by atoms with E-state index in [-0.39, 0.29) is 12.3 Å². The van der Waals surface area contributed by atoms with Crippen LogP contribution in [0.15, 0.2) is 59.1 Å². The van der Waals surface area contributed by atoms with Crippen molar-refractivity contribution < 1.29 is 18.8 Å². The zero-order chi connectivity index (χ0) is 20.8. The van der Waals surface area contributed by atoms with Crippen LogP contribution in [0.1, 0.15) is 23.7 Å². The van der Waals surface area contributed by atoms with E-state index in [4.69, 9.17) is 14.0 Å². The van der Waals surface area contributed by atoms with Gasteiger partial charge in [-0.25, -0.2) is 0 Å². The third kappa shape index (κ3) is 4.86. The molecule has 7 heteroatoms. The summed E-state index contributed by atoms with van der Waals surface area (Å²) in [7, 11) is 0. The second kappa shape index (κ2) is 9.26. The summed E-state index contributed by atoms with van der Waals surface area (Å²) in [4.78, 5) is 19.0. The van der Waals surface area contributed by atoms with Crippen LogP contribution in [0.5, 0.6) is 11.5 Å². The van der Waals surface area contributed by atoms with E-state index in [0.29, 0.717) is 49.4 Å². The predicted molar refractivity (Wildman–Crippen MR) is 113 cm³/mol.